The van der Waals surface area contributed by atoms with Crippen molar-refractivity contribution in [3.8, 4) is 0 Å². The summed E-state index contributed by atoms with van der Waals surface area (Å²) < 4.78 is 39.5. The molecule has 5 aliphatic heterocycles. The van der Waals surface area contributed by atoms with Crippen LogP contribution in [0.2, 0.25) is 19.6 Å². The summed E-state index contributed by atoms with van der Waals surface area (Å²) in [6.07, 6.45) is 12.0. The lowest BCUT2D eigenvalue weighted by molar-refractivity contribution is -0.336. The van der Waals surface area contributed by atoms with Crippen molar-refractivity contribution in [1.82, 2.24) is 0 Å². The molecule has 44 heavy (non-hydrogen) atoms. The van der Waals surface area contributed by atoms with Crippen LogP contribution in [0, 0.1) is 17.8 Å². The Morgan fingerprint density at radius 1 is 1.05 bits per heavy atom. The number of fused-ring (bicyclic) bond motifs is 3. The van der Waals surface area contributed by atoms with Gasteiger partial charge in [0, 0.05) is 25.7 Å². The molecule has 5 heterocycles. The Morgan fingerprint density at radius 3 is 2.55 bits per heavy atom. The maximum Gasteiger partial charge on any atom is 0.316 e. The molecule has 1 aliphatic carbocycles. The lowest BCUT2D eigenvalue weighted by atomic mass is 9.71. The van der Waals surface area contributed by atoms with Crippen LogP contribution < -0.4 is 0 Å². The van der Waals surface area contributed by atoms with Crippen molar-refractivity contribution in [2.24, 2.45) is 17.8 Å². The van der Waals surface area contributed by atoms with Gasteiger partial charge in [0.05, 0.1) is 30.5 Å². The number of rotatable bonds is 3. The second-order valence-electron chi connectivity index (χ2n) is 15.5. The molecule has 9 heteroatoms. The third kappa shape index (κ3) is 5.97. The lowest BCUT2D eigenvalue weighted by Crippen LogP contribution is -2.61. The zero-order valence-corrected chi connectivity index (χ0v) is 28.9. The third-order valence-electron chi connectivity index (χ3n) is 10.6. The Morgan fingerprint density at radius 2 is 1.82 bits per heavy atom. The van der Waals surface area contributed by atoms with E-state index >= 15 is 0 Å². The minimum atomic E-state index is -2.30. The van der Waals surface area contributed by atoms with Crippen molar-refractivity contribution in [3.63, 3.8) is 0 Å². The van der Waals surface area contributed by atoms with E-state index in [1.807, 2.05) is 12.2 Å². The van der Waals surface area contributed by atoms with Crippen LogP contribution >= 0.6 is 0 Å². The fourth-order valence-electron chi connectivity index (χ4n) is 8.46. The van der Waals surface area contributed by atoms with Crippen molar-refractivity contribution in [2.45, 2.75) is 147 Å². The number of carbonyl (C=O) groups is 2. The molecule has 0 unspecified atom stereocenters. The smallest absolute Gasteiger partial charge is 0.316 e. The van der Waals surface area contributed by atoms with E-state index in [1.54, 1.807) is 13.0 Å². The first-order chi connectivity index (χ1) is 20.7. The standard InChI is InChI=1S/C35H52O8Si/c1-9-28-22(3)13-14-34(41-28)19-26-16-25(40-34)17-29-33(5,42-29)18-21(2)11-10-12-24-20-38-31-30(36)23(4)15-27(32(37)39-26)35(24,31)43-44(6,7)8/h10-12,15,21-22,25-29,31H,9,13-14,16-20H2,1-8H3/b11-10+,24-12+/t21-,22-,25-,26-,27-,28+,29+,31+,33+,34+,35+/m0/s1. The number of carbonyl (C=O) groups excluding carboxylic acids is 2. The lowest BCUT2D eigenvalue weighted by Gasteiger charge is -2.50. The van der Waals surface area contributed by atoms with Gasteiger partial charge in [-0.1, -0.05) is 45.1 Å². The Labute approximate surface area is 264 Å². The first-order valence-corrected chi connectivity index (χ1v) is 20.2. The van der Waals surface area contributed by atoms with Crippen molar-refractivity contribution in [3.05, 3.63) is 35.5 Å². The van der Waals surface area contributed by atoms with Crippen molar-refractivity contribution in [2.75, 3.05) is 6.61 Å². The van der Waals surface area contributed by atoms with Gasteiger partial charge in [0.15, 0.2) is 26.0 Å². The van der Waals surface area contributed by atoms with Gasteiger partial charge in [-0.2, -0.15) is 0 Å². The van der Waals surface area contributed by atoms with Gasteiger partial charge in [0.2, 0.25) is 0 Å². The van der Waals surface area contributed by atoms with Crippen LogP contribution in [0.5, 0.6) is 0 Å². The predicted octanol–water partition coefficient (Wildman–Crippen LogP) is 6.20. The van der Waals surface area contributed by atoms with Crippen LogP contribution in [-0.4, -0.2) is 74.2 Å². The minimum absolute atomic E-state index is 0.0855. The molecule has 1 spiro atoms. The van der Waals surface area contributed by atoms with E-state index in [-0.39, 0.29) is 48.2 Å². The summed E-state index contributed by atoms with van der Waals surface area (Å²) in [7, 11) is -2.30. The fraction of sp³-hybridized carbons (Fsp3) is 0.771. The molecule has 4 saturated heterocycles. The zero-order valence-electron chi connectivity index (χ0n) is 27.9. The molecule has 0 saturated carbocycles. The average molecular weight is 629 g/mol. The molecule has 4 fully saturated rings. The van der Waals surface area contributed by atoms with Crippen molar-refractivity contribution in [1.29, 1.82) is 0 Å². The summed E-state index contributed by atoms with van der Waals surface area (Å²) in [5.74, 6) is -1.41. The summed E-state index contributed by atoms with van der Waals surface area (Å²) in [5.41, 5.74) is -0.155. The summed E-state index contributed by atoms with van der Waals surface area (Å²) in [6.45, 7) is 17.0. The van der Waals surface area contributed by atoms with E-state index in [4.69, 9.17) is 28.1 Å². The highest BCUT2D eigenvalue weighted by Crippen LogP contribution is 2.51. The van der Waals surface area contributed by atoms with Crippen LogP contribution in [-0.2, 0) is 37.7 Å². The number of esters is 1. The number of hydrogen-bond donors (Lipinski definition) is 0. The van der Waals surface area contributed by atoms with E-state index in [9.17, 15) is 9.59 Å². The van der Waals surface area contributed by atoms with Gasteiger partial charge in [-0.15, -0.1) is 0 Å². The summed E-state index contributed by atoms with van der Waals surface area (Å²) in [6, 6.07) is 0. The molecule has 8 nitrogen and oxygen atoms in total. The van der Waals surface area contributed by atoms with Crippen molar-refractivity contribution < 1.29 is 37.7 Å². The van der Waals surface area contributed by atoms with E-state index < -0.39 is 37.8 Å². The normalized spacial score (nSPS) is 48.0. The number of ether oxygens (including phenoxy) is 5. The van der Waals surface area contributed by atoms with Crippen LogP contribution in [0.1, 0.15) is 79.6 Å². The maximum atomic E-state index is 14.5. The largest absolute Gasteiger partial charge is 0.462 e. The van der Waals surface area contributed by atoms with E-state index in [1.165, 1.54) is 0 Å². The highest BCUT2D eigenvalue weighted by atomic mass is 28.4. The SMILES string of the molecule is CC[C@H]1O[C@]2(CC[C@@H]1C)C[C@@H]1C[C@@H](C[C@H]3O[C@]3(C)C[C@@H](C)/C=C/C=C3\CO[C@@H]4C(=O)C(C)=C[C@@H](C(=O)O1)[C@]34O[Si](C)(C)C)O2. The minimum Gasteiger partial charge on any atom is -0.462 e. The van der Waals surface area contributed by atoms with E-state index in [0.29, 0.717) is 24.3 Å². The second-order valence-corrected chi connectivity index (χ2v) is 20.0. The van der Waals surface area contributed by atoms with Crippen LogP contribution in [0.4, 0.5) is 0 Å². The monoisotopic (exact) mass is 628 g/mol. The molecule has 2 bridgehead atoms. The maximum absolute atomic E-state index is 14.5. The van der Waals surface area contributed by atoms with E-state index in [2.05, 4.69) is 53.4 Å². The van der Waals surface area contributed by atoms with Crippen LogP contribution in [0.3, 0.4) is 0 Å². The van der Waals surface area contributed by atoms with Gasteiger partial charge < -0.3 is 28.1 Å². The highest BCUT2D eigenvalue weighted by Gasteiger charge is 2.63. The molecule has 11 atom stereocenters. The summed E-state index contributed by atoms with van der Waals surface area (Å²) in [4.78, 5) is 28.1. The van der Waals surface area contributed by atoms with Crippen molar-refractivity contribution >= 4 is 20.1 Å². The summed E-state index contributed by atoms with van der Waals surface area (Å²) in [5, 5.41) is 0. The Balaban J connectivity index is 1.41. The highest BCUT2D eigenvalue weighted by molar-refractivity contribution is 6.70. The van der Waals surface area contributed by atoms with Gasteiger partial charge in [-0.3, -0.25) is 9.59 Å². The van der Waals surface area contributed by atoms with Crippen LogP contribution in [0.15, 0.2) is 35.5 Å². The van der Waals surface area contributed by atoms with Gasteiger partial charge in [-0.05, 0) is 75.7 Å². The topological polar surface area (TPSA) is 92.8 Å². The molecule has 6 aliphatic rings. The molecule has 244 valence electrons. The second kappa shape index (κ2) is 11.6. The first-order valence-electron chi connectivity index (χ1n) is 16.8. The number of hydrogen-bond acceptors (Lipinski definition) is 8. The average Bonchev–Trinajstić information content (AvgIpc) is 3.40. The molecule has 0 aromatic heterocycles. The Hall–Kier alpha value is -1.62. The number of epoxide rings is 1. The summed E-state index contributed by atoms with van der Waals surface area (Å²) >= 11 is 0. The van der Waals surface area contributed by atoms with Gasteiger partial charge in [0.1, 0.15) is 17.6 Å². The molecule has 0 radical (unpaired) electrons. The molecular weight excluding hydrogens is 576 g/mol. The Kier molecular flexibility index (Phi) is 8.49. The molecule has 0 N–H and O–H groups in total. The Bertz CT molecular complexity index is 1250. The molecular formula is C35H52O8Si. The first kappa shape index (κ1) is 32.3. The molecule has 0 aromatic carbocycles. The van der Waals surface area contributed by atoms with Gasteiger partial charge >= 0.3 is 5.97 Å². The number of Topliss-reactive ketones (excluding diaryl/α,β-unsaturated/α-hetero) is 1. The molecule has 0 aromatic rings. The van der Waals surface area contributed by atoms with E-state index in [0.717, 1.165) is 37.7 Å². The predicted molar refractivity (Wildman–Crippen MR) is 168 cm³/mol. The van der Waals surface area contributed by atoms with Gasteiger partial charge in [0.25, 0.3) is 0 Å². The number of ketones is 1. The van der Waals surface area contributed by atoms with Gasteiger partial charge in [-0.25, -0.2) is 0 Å². The zero-order chi connectivity index (χ0) is 31.7. The molecule has 0 amide bonds. The third-order valence-corrected chi connectivity index (χ3v) is 11.6. The fourth-order valence-corrected chi connectivity index (χ4v) is 9.84. The van der Waals surface area contributed by atoms with Crippen LogP contribution in [0.25, 0.3) is 0 Å². The molecule has 6 rings (SSSR count). The number of allylic oxidation sites excluding steroid dienone is 3. The quantitative estimate of drug-likeness (QED) is 0.207.